The smallest absolute Gasteiger partial charge is 0.0130 e. The summed E-state index contributed by atoms with van der Waals surface area (Å²) >= 11 is 2.35. The third kappa shape index (κ3) is 1.43. The fourth-order valence-corrected chi connectivity index (χ4v) is 1.69. The van der Waals surface area contributed by atoms with Crippen molar-refractivity contribution in [1.29, 1.82) is 0 Å². The molecule has 1 fully saturated rings. The molecule has 0 unspecified atom stereocenters. The van der Waals surface area contributed by atoms with Crippen LogP contribution in [0.5, 0.6) is 0 Å². The van der Waals surface area contributed by atoms with Crippen LogP contribution in [0, 0.1) is 3.57 Å². The minimum Gasteiger partial charge on any atom is -0.0574 e. The van der Waals surface area contributed by atoms with Gasteiger partial charge in [-0.3, -0.25) is 0 Å². The summed E-state index contributed by atoms with van der Waals surface area (Å²) in [6.45, 7) is 2.34. The zero-order chi connectivity index (χ0) is 7.90. The van der Waals surface area contributed by atoms with Gasteiger partial charge < -0.3 is 0 Å². The maximum atomic E-state index is 2.35. The Kier molecular flexibility index (Phi) is 1.71. The molecule has 0 N–H and O–H groups in total. The second-order valence-corrected chi connectivity index (χ2v) is 4.81. The lowest BCUT2D eigenvalue weighted by atomic mass is 9.99. The molecule has 1 aromatic carbocycles. The van der Waals surface area contributed by atoms with Gasteiger partial charge in [0.25, 0.3) is 0 Å². The average molecular weight is 258 g/mol. The number of hydrogen-bond acceptors (Lipinski definition) is 0. The molecular formula is C10H11I. The zero-order valence-electron chi connectivity index (χ0n) is 6.60. The molecule has 0 radical (unpaired) electrons. The van der Waals surface area contributed by atoms with Gasteiger partial charge in [-0.15, -0.1) is 0 Å². The number of rotatable bonds is 1. The summed E-state index contributed by atoms with van der Waals surface area (Å²) < 4.78 is 1.33. The van der Waals surface area contributed by atoms with Gasteiger partial charge in [-0.2, -0.15) is 0 Å². The lowest BCUT2D eigenvalue weighted by Crippen LogP contribution is -1.98. The van der Waals surface area contributed by atoms with Gasteiger partial charge in [-0.1, -0.05) is 19.1 Å². The molecule has 1 saturated carbocycles. The van der Waals surface area contributed by atoms with E-state index in [4.69, 9.17) is 0 Å². The van der Waals surface area contributed by atoms with Crippen molar-refractivity contribution in [3.05, 3.63) is 33.4 Å². The average Bonchev–Trinajstić information content (AvgIpc) is 2.70. The quantitative estimate of drug-likeness (QED) is 0.678. The molecule has 0 bridgehead atoms. The zero-order valence-corrected chi connectivity index (χ0v) is 8.76. The van der Waals surface area contributed by atoms with Crippen molar-refractivity contribution in [3.8, 4) is 0 Å². The van der Waals surface area contributed by atoms with Crippen LogP contribution in [0.3, 0.4) is 0 Å². The van der Waals surface area contributed by atoms with E-state index in [9.17, 15) is 0 Å². The Balaban J connectivity index is 2.33. The van der Waals surface area contributed by atoms with Gasteiger partial charge in [0, 0.05) is 3.57 Å². The maximum Gasteiger partial charge on any atom is 0.0130 e. The summed E-state index contributed by atoms with van der Waals surface area (Å²) in [5, 5.41) is 0. The van der Waals surface area contributed by atoms with Crippen molar-refractivity contribution in [2.24, 2.45) is 0 Å². The number of halogens is 1. The molecule has 1 heteroatoms. The molecule has 1 aromatic rings. The molecule has 0 atom stereocenters. The first-order valence-corrected chi connectivity index (χ1v) is 5.05. The van der Waals surface area contributed by atoms with Gasteiger partial charge in [0.05, 0.1) is 0 Å². The Hall–Kier alpha value is -0.0500. The van der Waals surface area contributed by atoms with E-state index in [1.165, 1.54) is 22.0 Å². The molecule has 0 nitrogen and oxygen atoms in total. The van der Waals surface area contributed by atoms with E-state index in [1.54, 1.807) is 0 Å². The topological polar surface area (TPSA) is 0 Å². The highest BCUT2D eigenvalue weighted by Crippen LogP contribution is 2.47. The molecule has 1 aliphatic rings. The molecule has 11 heavy (non-hydrogen) atoms. The fraction of sp³-hybridized carbons (Fsp3) is 0.400. The van der Waals surface area contributed by atoms with Crippen molar-refractivity contribution in [3.63, 3.8) is 0 Å². The van der Waals surface area contributed by atoms with Crippen LogP contribution in [-0.4, -0.2) is 0 Å². The van der Waals surface area contributed by atoms with E-state index in [2.05, 4.69) is 53.8 Å². The van der Waals surface area contributed by atoms with Crippen molar-refractivity contribution in [2.45, 2.75) is 25.2 Å². The van der Waals surface area contributed by atoms with Crippen molar-refractivity contribution in [2.75, 3.05) is 0 Å². The van der Waals surface area contributed by atoms with E-state index < -0.39 is 0 Å². The fourth-order valence-electron chi connectivity index (χ4n) is 1.33. The van der Waals surface area contributed by atoms with Gasteiger partial charge in [0.1, 0.15) is 0 Å². The van der Waals surface area contributed by atoms with Crippen LogP contribution in [0.15, 0.2) is 24.3 Å². The first-order valence-electron chi connectivity index (χ1n) is 3.97. The normalized spacial score (nSPS) is 19.8. The molecule has 1 aliphatic carbocycles. The predicted molar refractivity (Wildman–Crippen MR) is 55.7 cm³/mol. The summed E-state index contributed by atoms with van der Waals surface area (Å²) in [6.07, 6.45) is 2.74. The molecule has 0 spiro atoms. The Morgan fingerprint density at radius 1 is 1.18 bits per heavy atom. The van der Waals surface area contributed by atoms with Crippen molar-refractivity contribution >= 4 is 22.6 Å². The molecule has 0 heterocycles. The minimum atomic E-state index is 0.532. The highest BCUT2D eigenvalue weighted by molar-refractivity contribution is 14.1. The van der Waals surface area contributed by atoms with Gasteiger partial charge >= 0.3 is 0 Å². The molecule has 0 aliphatic heterocycles. The van der Waals surface area contributed by atoms with E-state index in [1.807, 2.05) is 0 Å². The van der Waals surface area contributed by atoms with E-state index in [0.29, 0.717) is 5.41 Å². The number of hydrogen-bond donors (Lipinski definition) is 0. The molecule has 0 amide bonds. The summed E-state index contributed by atoms with van der Waals surface area (Å²) in [4.78, 5) is 0. The standard InChI is InChI=1S/C10H11I/c1-10(6-7-10)8-2-4-9(11)5-3-8/h2-5H,6-7H2,1H3. The van der Waals surface area contributed by atoms with Crippen LogP contribution in [0.4, 0.5) is 0 Å². The summed E-state index contributed by atoms with van der Waals surface area (Å²) in [7, 11) is 0. The van der Waals surface area contributed by atoms with Crippen LogP contribution in [0.1, 0.15) is 25.3 Å². The monoisotopic (exact) mass is 258 g/mol. The van der Waals surface area contributed by atoms with E-state index in [-0.39, 0.29) is 0 Å². The number of benzene rings is 1. The van der Waals surface area contributed by atoms with Gasteiger partial charge in [0.15, 0.2) is 0 Å². The van der Waals surface area contributed by atoms with E-state index in [0.717, 1.165) is 0 Å². The first kappa shape index (κ1) is 7.59. The minimum absolute atomic E-state index is 0.532. The highest BCUT2D eigenvalue weighted by atomic mass is 127. The second kappa shape index (κ2) is 2.47. The van der Waals surface area contributed by atoms with Crippen molar-refractivity contribution in [1.82, 2.24) is 0 Å². The lowest BCUT2D eigenvalue weighted by molar-refractivity contribution is 0.787. The first-order chi connectivity index (χ1) is 5.21. The Bertz CT molecular complexity index is 257. The SMILES string of the molecule is CC1(c2ccc(I)cc2)CC1. The summed E-state index contributed by atoms with van der Waals surface area (Å²) in [5.74, 6) is 0. The Morgan fingerprint density at radius 2 is 1.73 bits per heavy atom. The maximum absolute atomic E-state index is 2.35. The molecule has 2 rings (SSSR count). The third-order valence-corrected chi connectivity index (χ3v) is 3.26. The second-order valence-electron chi connectivity index (χ2n) is 3.57. The van der Waals surface area contributed by atoms with Gasteiger partial charge in [-0.05, 0) is 58.5 Å². The molecular weight excluding hydrogens is 247 g/mol. The molecule has 58 valence electrons. The molecule has 0 saturated heterocycles. The van der Waals surface area contributed by atoms with Crippen LogP contribution >= 0.6 is 22.6 Å². The van der Waals surface area contributed by atoms with Crippen molar-refractivity contribution < 1.29 is 0 Å². The third-order valence-electron chi connectivity index (χ3n) is 2.54. The van der Waals surface area contributed by atoms with Gasteiger partial charge in [0.2, 0.25) is 0 Å². The highest BCUT2D eigenvalue weighted by Gasteiger charge is 2.38. The molecule has 0 aromatic heterocycles. The van der Waals surface area contributed by atoms with Crippen LogP contribution in [0.25, 0.3) is 0 Å². The Morgan fingerprint density at radius 3 is 2.18 bits per heavy atom. The van der Waals surface area contributed by atoms with E-state index >= 15 is 0 Å². The van der Waals surface area contributed by atoms with Crippen LogP contribution in [-0.2, 0) is 5.41 Å². The predicted octanol–water partition coefficient (Wildman–Crippen LogP) is 3.34. The lowest BCUT2D eigenvalue weighted by Gasteiger charge is -2.07. The summed E-state index contributed by atoms with van der Waals surface area (Å²) in [5.41, 5.74) is 2.04. The van der Waals surface area contributed by atoms with Crippen LogP contribution < -0.4 is 0 Å². The largest absolute Gasteiger partial charge is 0.0574 e. The van der Waals surface area contributed by atoms with Crippen LogP contribution in [0.2, 0.25) is 0 Å². The Labute approximate surface area is 81.1 Å². The van der Waals surface area contributed by atoms with Gasteiger partial charge in [-0.25, -0.2) is 0 Å². The summed E-state index contributed by atoms with van der Waals surface area (Å²) in [6, 6.07) is 8.91.